The number of carbonyl (C=O) groups is 6. The summed E-state index contributed by atoms with van der Waals surface area (Å²) in [5.41, 5.74) is 5.19. The topological polar surface area (TPSA) is 242 Å². The monoisotopic (exact) mass is 489 g/mol. The molecule has 0 fully saturated rings. The number of carboxylic acid groups (broad SMARTS) is 4. The molecular formula is C14H18N3Na3O10S. The van der Waals surface area contributed by atoms with Crippen molar-refractivity contribution in [2.75, 3.05) is 12.3 Å². The van der Waals surface area contributed by atoms with Gasteiger partial charge in [0, 0.05) is 30.6 Å². The number of hydrogen-bond acceptors (Lipinski definition) is 11. The number of carboxylic acids is 4. The fourth-order valence-corrected chi connectivity index (χ4v) is 2.77. The minimum absolute atomic E-state index is 0. The van der Waals surface area contributed by atoms with Crippen molar-refractivity contribution in [1.82, 2.24) is 10.6 Å². The third kappa shape index (κ3) is 19.3. The second-order valence-electron chi connectivity index (χ2n) is 5.41. The van der Waals surface area contributed by atoms with Gasteiger partial charge in [0.1, 0.15) is 11.3 Å². The summed E-state index contributed by atoms with van der Waals surface area (Å²) in [5.74, 6) is -8.57. The van der Waals surface area contributed by atoms with Crippen LogP contribution in [0.2, 0.25) is 0 Å². The van der Waals surface area contributed by atoms with Crippen LogP contribution in [0.3, 0.4) is 0 Å². The summed E-state index contributed by atoms with van der Waals surface area (Å²) < 4.78 is 0. The third-order valence-electron chi connectivity index (χ3n) is 3.14. The largest absolute Gasteiger partial charge is 1.00 e. The second kappa shape index (κ2) is 20.7. The number of thioether (sulfide) groups is 1. The van der Waals surface area contributed by atoms with Crippen LogP contribution in [0.4, 0.5) is 0 Å². The molecular weight excluding hydrogens is 471 g/mol. The fraction of sp³-hybridized carbons (Fsp3) is 0.571. The van der Waals surface area contributed by atoms with Gasteiger partial charge >= 0.3 is 94.6 Å². The molecule has 13 nitrogen and oxygen atoms in total. The fourth-order valence-electron chi connectivity index (χ4n) is 1.72. The summed E-state index contributed by atoms with van der Waals surface area (Å²) in [5, 5.41) is 43.1. The first-order valence-corrected chi connectivity index (χ1v) is 8.76. The normalized spacial score (nSPS) is 12.3. The molecule has 0 bridgehead atoms. The Labute approximate surface area is 247 Å². The molecule has 17 heteroatoms. The van der Waals surface area contributed by atoms with Crippen LogP contribution in [0.1, 0.15) is 19.3 Å². The van der Waals surface area contributed by atoms with Gasteiger partial charge in [-0.1, -0.05) is 0 Å². The molecule has 0 aliphatic heterocycles. The maximum absolute atomic E-state index is 12.0. The molecule has 31 heavy (non-hydrogen) atoms. The smallest absolute Gasteiger partial charge is 0.550 e. The van der Waals surface area contributed by atoms with E-state index < -0.39 is 78.2 Å². The summed E-state index contributed by atoms with van der Waals surface area (Å²) in [6, 6.07) is -2.86. The minimum Gasteiger partial charge on any atom is -0.550 e. The summed E-state index contributed by atoms with van der Waals surface area (Å²) in [7, 11) is 0. The van der Waals surface area contributed by atoms with Crippen molar-refractivity contribution in [3.8, 4) is 0 Å². The number of rotatable bonds is 14. The van der Waals surface area contributed by atoms with E-state index in [1.165, 1.54) is 0 Å². The average Bonchev–Trinajstić information content (AvgIpc) is 2.58. The van der Waals surface area contributed by atoms with Crippen LogP contribution in [-0.4, -0.2) is 70.4 Å². The standard InChI is InChI=1S/C14H21N3O10S.3Na/c15-6(13(24)25)1-2-9(18)17-7(12(23)16-4-11(21)22)5-28-8(14(26)27)3-10(19)20;;;/h6-8H,1-5,15H2,(H,16,23)(H,17,18)(H,19,20)(H,21,22)(H,24,25)(H,26,27);;;/q;3*+1/p-3. The molecule has 2 amide bonds. The molecule has 0 aliphatic carbocycles. The molecule has 0 aromatic rings. The maximum atomic E-state index is 12.0. The van der Waals surface area contributed by atoms with Gasteiger partial charge in [-0.05, 0) is 6.42 Å². The Morgan fingerprint density at radius 3 is 1.94 bits per heavy atom. The maximum Gasteiger partial charge on any atom is 1.00 e. The van der Waals surface area contributed by atoms with Gasteiger partial charge < -0.3 is 51.2 Å². The Morgan fingerprint density at radius 1 is 0.968 bits per heavy atom. The molecule has 0 aromatic heterocycles. The van der Waals surface area contributed by atoms with Gasteiger partial charge in [0.25, 0.3) is 0 Å². The van der Waals surface area contributed by atoms with Crippen LogP contribution in [0.25, 0.3) is 0 Å². The van der Waals surface area contributed by atoms with Gasteiger partial charge in [0.05, 0.1) is 18.5 Å². The van der Waals surface area contributed by atoms with Gasteiger partial charge in [-0.2, -0.15) is 0 Å². The molecule has 0 rings (SSSR count). The Balaban J connectivity index is -0.00000121. The predicted molar refractivity (Wildman–Crippen MR) is 85.7 cm³/mol. The molecule has 158 valence electrons. The molecule has 0 radical (unpaired) electrons. The molecule has 3 unspecified atom stereocenters. The van der Waals surface area contributed by atoms with E-state index in [1.54, 1.807) is 0 Å². The first-order chi connectivity index (χ1) is 12.9. The van der Waals surface area contributed by atoms with Crippen LogP contribution in [0, 0.1) is 0 Å². The number of nitrogens with one attached hydrogen (secondary N) is 2. The van der Waals surface area contributed by atoms with Crippen molar-refractivity contribution < 1.29 is 138 Å². The Bertz CT molecular complexity index is 641. The minimum atomic E-state index is -1.64. The quantitative estimate of drug-likeness (QED) is 0.166. The van der Waals surface area contributed by atoms with E-state index in [1.807, 2.05) is 5.32 Å². The van der Waals surface area contributed by atoms with Crippen LogP contribution in [-0.2, 0) is 28.8 Å². The van der Waals surface area contributed by atoms with Crippen molar-refractivity contribution in [3.05, 3.63) is 0 Å². The number of carbonyl (C=O) groups excluding carboxylic acids is 5. The molecule has 0 aromatic carbocycles. The molecule has 0 aliphatic rings. The zero-order chi connectivity index (χ0) is 21.9. The van der Waals surface area contributed by atoms with E-state index in [0.29, 0.717) is 11.8 Å². The van der Waals surface area contributed by atoms with E-state index in [9.17, 15) is 44.1 Å². The Morgan fingerprint density at radius 2 is 1.52 bits per heavy atom. The first-order valence-electron chi connectivity index (χ1n) is 7.71. The van der Waals surface area contributed by atoms with Gasteiger partial charge in [0.2, 0.25) is 11.8 Å². The molecule has 0 saturated carbocycles. The summed E-state index contributed by atoms with van der Waals surface area (Å²) in [6.45, 7) is -0.882. The number of nitrogens with two attached hydrogens (primary N) is 1. The summed E-state index contributed by atoms with van der Waals surface area (Å²) in [4.78, 5) is 66.4. The molecule has 0 saturated heterocycles. The van der Waals surface area contributed by atoms with Crippen molar-refractivity contribution in [2.24, 2.45) is 5.73 Å². The second-order valence-corrected chi connectivity index (χ2v) is 6.65. The van der Waals surface area contributed by atoms with Crippen LogP contribution in [0.5, 0.6) is 0 Å². The molecule has 3 atom stereocenters. The van der Waals surface area contributed by atoms with E-state index in [-0.39, 0.29) is 95.1 Å². The summed E-state index contributed by atoms with van der Waals surface area (Å²) in [6.07, 6.45) is -1.58. The molecule has 5 N–H and O–H groups in total. The van der Waals surface area contributed by atoms with Crippen molar-refractivity contribution in [1.29, 1.82) is 0 Å². The Hall–Kier alpha value is 0.130. The van der Waals surface area contributed by atoms with Crippen LogP contribution >= 0.6 is 11.8 Å². The van der Waals surface area contributed by atoms with Crippen LogP contribution < -0.4 is 120 Å². The number of amides is 2. The average molecular weight is 489 g/mol. The van der Waals surface area contributed by atoms with E-state index in [0.717, 1.165) is 0 Å². The Kier molecular flexibility index (Phi) is 25.7. The van der Waals surface area contributed by atoms with Crippen molar-refractivity contribution in [2.45, 2.75) is 36.6 Å². The third-order valence-corrected chi connectivity index (χ3v) is 4.43. The SMILES string of the molecule is NC(CCC(=O)NC(CSC(CC(=O)[O-])C(=O)O)C(=O)NCC(=O)[O-])C(=O)[O-].[Na+].[Na+].[Na+]. The van der Waals surface area contributed by atoms with E-state index >= 15 is 0 Å². The van der Waals surface area contributed by atoms with Gasteiger partial charge in [-0.15, -0.1) is 11.8 Å². The van der Waals surface area contributed by atoms with E-state index in [4.69, 9.17) is 10.8 Å². The zero-order valence-corrected chi connectivity index (χ0v) is 24.2. The van der Waals surface area contributed by atoms with E-state index in [2.05, 4.69) is 5.32 Å². The molecule has 0 spiro atoms. The first kappa shape index (κ1) is 38.4. The zero-order valence-electron chi connectivity index (χ0n) is 17.4. The van der Waals surface area contributed by atoms with Gasteiger partial charge in [0.15, 0.2) is 0 Å². The van der Waals surface area contributed by atoms with Gasteiger partial charge in [-0.25, -0.2) is 0 Å². The summed E-state index contributed by atoms with van der Waals surface area (Å²) >= 11 is 0.512. The van der Waals surface area contributed by atoms with Crippen molar-refractivity contribution >= 4 is 47.5 Å². The van der Waals surface area contributed by atoms with Crippen LogP contribution in [0.15, 0.2) is 0 Å². The number of aliphatic carboxylic acids is 4. The number of hydrogen-bond donors (Lipinski definition) is 4. The molecule has 0 heterocycles. The van der Waals surface area contributed by atoms with Gasteiger partial charge in [-0.3, -0.25) is 14.4 Å². The predicted octanol–water partition coefficient (Wildman–Crippen LogP) is -15.5. The van der Waals surface area contributed by atoms with Crippen molar-refractivity contribution in [3.63, 3.8) is 0 Å².